The fourth-order valence-electron chi connectivity index (χ4n) is 1.81. The molecule has 0 radical (unpaired) electrons. The zero-order chi connectivity index (χ0) is 14.8. The molecule has 2 N–H and O–H groups in total. The van der Waals surface area contributed by atoms with E-state index in [1.165, 1.54) is 0 Å². The van der Waals surface area contributed by atoms with E-state index in [1.807, 2.05) is 4.90 Å². The SMILES string of the molecule is CCN(CC)CCN(CC(=O)NC)CC(C)C(=O)O. The van der Waals surface area contributed by atoms with Crippen molar-refractivity contribution >= 4 is 11.9 Å². The molecule has 0 aliphatic carbocycles. The highest BCUT2D eigenvalue weighted by Gasteiger charge is 2.18. The van der Waals surface area contributed by atoms with E-state index in [9.17, 15) is 9.59 Å². The van der Waals surface area contributed by atoms with Gasteiger partial charge in [0.1, 0.15) is 0 Å². The summed E-state index contributed by atoms with van der Waals surface area (Å²) in [6, 6.07) is 0. The van der Waals surface area contributed by atoms with Gasteiger partial charge in [0.05, 0.1) is 12.5 Å². The minimum absolute atomic E-state index is 0.0860. The summed E-state index contributed by atoms with van der Waals surface area (Å²) in [6.45, 7) is 9.94. The van der Waals surface area contributed by atoms with Crippen LogP contribution in [0.1, 0.15) is 20.8 Å². The maximum absolute atomic E-state index is 11.4. The molecule has 0 aliphatic heterocycles. The quantitative estimate of drug-likeness (QED) is 0.590. The normalized spacial score (nSPS) is 12.7. The monoisotopic (exact) mass is 273 g/mol. The third-order valence-electron chi connectivity index (χ3n) is 3.23. The molecule has 1 amide bonds. The van der Waals surface area contributed by atoms with Gasteiger partial charge in [-0.2, -0.15) is 0 Å². The molecule has 19 heavy (non-hydrogen) atoms. The van der Waals surface area contributed by atoms with Gasteiger partial charge in [0.2, 0.25) is 5.91 Å². The van der Waals surface area contributed by atoms with E-state index in [0.717, 1.165) is 19.6 Å². The van der Waals surface area contributed by atoms with Crippen LogP contribution in [0.25, 0.3) is 0 Å². The Morgan fingerprint density at radius 2 is 1.68 bits per heavy atom. The highest BCUT2D eigenvalue weighted by molar-refractivity contribution is 5.77. The van der Waals surface area contributed by atoms with E-state index in [2.05, 4.69) is 24.1 Å². The predicted molar refractivity (Wildman–Crippen MR) is 75.1 cm³/mol. The number of carboxylic acids is 1. The van der Waals surface area contributed by atoms with Crippen LogP contribution < -0.4 is 5.32 Å². The summed E-state index contributed by atoms with van der Waals surface area (Å²) >= 11 is 0. The van der Waals surface area contributed by atoms with Gasteiger partial charge in [-0.25, -0.2) is 0 Å². The molecular formula is C13H27N3O3. The van der Waals surface area contributed by atoms with Crippen molar-refractivity contribution in [1.29, 1.82) is 0 Å². The number of nitrogens with zero attached hydrogens (tertiary/aromatic N) is 2. The highest BCUT2D eigenvalue weighted by atomic mass is 16.4. The standard InChI is InChI=1S/C13H27N3O3/c1-5-15(6-2)7-8-16(10-12(17)14-4)9-11(3)13(18)19/h11H,5-10H2,1-4H3,(H,14,17)(H,18,19). The first-order valence-corrected chi connectivity index (χ1v) is 6.82. The molecule has 0 aromatic heterocycles. The first kappa shape index (κ1) is 17.9. The van der Waals surface area contributed by atoms with E-state index in [4.69, 9.17) is 5.11 Å². The molecule has 0 fully saturated rings. The van der Waals surface area contributed by atoms with Crippen molar-refractivity contribution < 1.29 is 14.7 Å². The lowest BCUT2D eigenvalue weighted by Gasteiger charge is -2.26. The summed E-state index contributed by atoms with van der Waals surface area (Å²) in [5, 5.41) is 11.5. The maximum atomic E-state index is 11.4. The summed E-state index contributed by atoms with van der Waals surface area (Å²) in [4.78, 5) is 26.5. The zero-order valence-corrected chi connectivity index (χ0v) is 12.5. The Kier molecular flexibility index (Phi) is 9.16. The van der Waals surface area contributed by atoms with Crippen LogP contribution in [0.4, 0.5) is 0 Å². The van der Waals surface area contributed by atoms with Crippen LogP contribution in [0.2, 0.25) is 0 Å². The first-order chi connectivity index (χ1) is 8.94. The van der Waals surface area contributed by atoms with Gasteiger partial charge < -0.3 is 15.3 Å². The van der Waals surface area contributed by atoms with Crippen LogP contribution in [-0.2, 0) is 9.59 Å². The van der Waals surface area contributed by atoms with E-state index < -0.39 is 11.9 Å². The molecule has 0 aromatic rings. The lowest BCUT2D eigenvalue weighted by molar-refractivity contribution is -0.142. The van der Waals surface area contributed by atoms with Gasteiger partial charge in [-0.1, -0.05) is 20.8 Å². The Hall–Kier alpha value is -1.14. The van der Waals surface area contributed by atoms with E-state index >= 15 is 0 Å². The maximum Gasteiger partial charge on any atom is 0.307 e. The second-order valence-electron chi connectivity index (χ2n) is 4.67. The van der Waals surface area contributed by atoms with Crippen LogP contribution in [0.5, 0.6) is 0 Å². The van der Waals surface area contributed by atoms with E-state index in [0.29, 0.717) is 13.1 Å². The molecule has 6 nitrogen and oxygen atoms in total. The van der Waals surface area contributed by atoms with Gasteiger partial charge in [-0.05, 0) is 13.1 Å². The molecule has 0 aromatic carbocycles. The van der Waals surface area contributed by atoms with Gasteiger partial charge in [0.25, 0.3) is 0 Å². The minimum Gasteiger partial charge on any atom is -0.481 e. The molecule has 0 spiro atoms. The topological polar surface area (TPSA) is 72.9 Å². The predicted octanol–water partition coefficient (Wildman–Crippen LogP) is 0.0969. The summed E-state index contributed by atoms with van der Waals surface area (Å²) in [5.74, 6) is -1.39. The van der Waals surface area contributed by atoms with Crippen LogP contribution in [-0.4, -0.2) is 73.1 Å². The Labute approximate surface area is 115 Å². The number of nitrogens with one attached hydrogen (secondary N) is 1. The fraction of sp³-hybridized carbons (Fsp3) is 0.846. The second kappa shape index (κ2) is 9.75. The van der Waals surface area contributed by atoms with Gasteiger partial charge in [0.15, 0.2) is 0 Å². The zero-order valence-electron chi connectivity index (χ0n) is 12.5. The molecule has 6 heteroatoms. The Morgan fingerprint density at radius 3 is 2.11 bits per heavy atom. The summed E-state index contributed by atoms with van der Waals surface area (Å²) in [5.41, 5.74) is 0. The summed E-state index contributed by atoms with van der Waals surface area (Å²) in [7, 11) is 1.59. The Balaban J connectivity index is 4.40. The van der Waals surface area contributed by atoms with Crippen molar-refractivity contribution in [3.8, 4) is 0 Å². The molecule has 112 valence electrons. The van der Waals surface area contributed by atoms with Crippen LogP contribution in [0, 0.1) is 5.92 Å². The van der Waals surface area contributed by atoms with Crippen LogP contribution in [0.15, 0.2) is 0 Å². The largest absolute Gasteiger partial charge is 0.481 e. The van der Waals surface area contributed by atoms with Crippen molar-refractivity contribution in [2.24, 2.45) is 5.92 Å². The van der Waals surface area contributed by atoms with Gasteiger partial charge in [-0.3, -0.25) is 14.5 Å². The number of amides is 1. The van der Waals surface area contributed by atoms with Crippen molar-refractivity contribution in [3.05, 3.63) is 0 Å². The summed E-state index contributed by atoms with van der Waals surface area (Å²) < 4.78 is 0. The molecule has 0 aliphatic rings. The van der Waals surface area contributed by atoms with Gasteiger partial charge >= 0.3 is 5.97 Å². The molecule has 0 heterocycles. The van der Waals surface area contributed by atoms with Crippen LogP contribution in [0.3, 0.4) is 0 Å². The first-order valence-electron chi connectivity index (χ1n) is 6.82. The van der Waals surface area contributed by atoms with E-state index in [1.54, 1.807) is 14.0 Å². The summed E-state index contributed by atoms with van der Waals surface area (Å²) in [6.07, 6.45) is 0. The molecule has 0 bridgehead atoms. The number of rotatable bonds is 10. The number of carboxylic acid groups (broad SMARTS) is 1. The molecule has 1 unspecified atom stereocenters. The third-order valence-corrected chi connectivity index (χ3v) is 3.23. The average molecular weight is 273 g/mol. The van der Waals surface area contributed by atoms with Gasteiger partial charge in [-0.15, -0.1) is 0 Å². The Morgan fingerprint density at radius 1 is 1.16 bits per heavy atom. The molecular weight excluding hydrogens is 246 g/mol. The molecule has 0 saturated heterocycles. The lowest BCUT2D eigenvalue weighted by atomic mass is 10.1. The van der Waals surface area contributed by atoms with Crippen molar-refractivity contribution in [3.63, 3.8) is 0 Å². The van der Waals surface area contributed by atoms with E-state index in [-0.39, 0.29) is 12.5 Å². The highest BCUT2D eigenvalue weighted by Crippen LogP contribution is 2.01. The van der Waals surface area contributed by atoms with Crippen molar-refractivity contribution in [2.45, 2.75) is 20.8 Å². The Bertz CT molecular complexity index is 280. The van der Waals surface area contributed by atoms with Crippen molar-refractivity contribution in [2.75, 3.05) is 46.3 Å². The lowest BCUT2D eigenvalue weighted by Crippen LogP contribution is -2.43. The van der Waals surface area contributed by atoms with Gasteiger partial charge in [0, 0.05) is 26.7 Å². The van der Waals surface area contributed by atoms with Crippen molar-refractivity contribution in [1.82, 2.24) is 15.1 Å². The third kappa shape index (κ3) is 7.79. The average Bonchev–Trinajstić information content (AvgIpc) is 2.39. The minimum atomic E-state index is -0.829. The number of carbonyl (C=O) groups excluding carboxylic acids is 1. The number of carbonyl (C=O) groups is 2. The number of likely N-dealkylation sites (N-methyl/N-ethyl adjacent to an activating group) is 2. The number of hydrogen-bond donors (Lipinski definition) is 2. The molecule has 0 saturated carbocycles. The number of hydrogen-bond acceptors (Lipinski definition) is 4. The second-order valence-corrected chi connectivity index (χ2v) is 4.67. The number of aliphatic carboxylic acids is 1. The fourth-order valence-corrected chi connectivity index (χ4v) is 1.81. The smallest absolute Gasteiger partial charge is 0.307 e. The molecule has 1 atom stereocenters. The van der Waals surface area contributed by atoms with Crippen LogP contribution >= 0.6 is 0 Å². The molecule has 0 rings (SSSR count).